The molecule has 0 unspecified atom stereocenters. The molecule has 1 N–H and O–H groups in total. The van der Waals surface area contributed by atoms with E-state index < -0.39 is 0 Å². The van der Waals surface area contributed by atoms with Crippen LogP contribution in [-0.2, 0) is 0 Å². The first-order valence-corrected chi connectivity index (χ1v) is 9.02. The molecule has 2 aromatic heterocycles. The Labute approximate surface area is 150 Å². The third-order valence-electron chi connectivity index (χ3n) is 3.59. The summed E-state index contributed by atoms with van der Waals surface area (Å²) in [6.07, 6.45) is 0.897. The summed E-state index contributed by atoms with van der Waals surface area (Å²) in [6, 6.07) is 9.52. The van der Waals surface area contributed by atoms with Crippen molar-refractivity contribution in [3.8, 4) is 16.5 Å². The molecule has 0 saturated heterocycles. The summed E-state index contributed by atoms with van der Waals surface area (Å²) in [5.74, 6) is 1.30. The molecule has 0 saturated carbocycles. The van der Waals surface area contributed by atoms with Crippen LogP contribution in [-0.4, -0.2) is 17.5 Å². The lowest BCUT2D eigenvalue weighted by molar-refractivity contribution is 0.102. The van der Waals surface area contributed by atoms with E-state index in [9.17, 15) is 4.79 Å². The summed E-state index contributed by atoms with van der Waals surface area (Å²) in [6.45, 7) is 6.36. The van der Waals surface area contributed by atoms with E-state index in [1.54, 1.807) is 6.92 Å². The Hall–Kier alpha value is -2.60. The minimum absolute atomic E-state index is 0.283. The number of hydrogen-bond acceptors (Lipinski definition) is 5. The van der Waals surface area contributed by atoms with Gasteiger partial charge in [-0.05, 0) is 49.4 Å². The Morgan fingerprint density at radius 3 is 2.88 bits per heavy atom. The second-order valence-electron chi connectivity index (χ2n) is 5.70. The van der Waals surface area contributed by atoms with E-state index in [4.69, 9.17) is 9.15 Å². The van der Waals surface area contributed by atoms with Crippen LogP contribution in [0.5, 0.6) is 5.75 Å². The van der Waals surface area contributed by atoms with Crippen molar-refractivity contribution in [1.82, 2.24) is 4.98 Å². The van der Waals surface area contributed by atoms with Crippen molar-refractivity contribution in [3.05, 3.63) is 52.7 Å². The molecule has 0 radical (unpaired) electrons. The molecule has 5 nitrogen and oxygen atoms in total. The molecule has 1 aromatic carbocycles. The molecule has 6 heteroatoms. The molecule has 0 bridgehead atoms. The highest BCUT2D eigenvalue weighted by molar-refractivity contribution is 7.13. The van der Waals surface area contributed by atoms with E-state index >= 15 is 0 Å². The number of thiophene rings is 1. The molecule has 0 aliphatic carbocycles. The average molecular weight is 356 g/mol. The normalized spacial score (nSPS) is 10.7. The Bertz CT molecular complexity index is 869. The number of rotatable bonds is 6. The maximum Gasteiger partial charge on any atom is 0.278 e. The average Bonchev–Trinajstić information content (AvgIpc) is 3.24. The number of anilines is 1. The fourth-order valence-corrected chi connectivity index (χ4v) is 3.01. The molecular formula is C19H20N2O3S. The highest BCUT2D eigenvalue weighted by Crippen LogP contribution is 2.29. The summed E-state index contributed by atoms with van der Waals surface area (Å²) in [7, 11) is 0. The Kier molecular flexibility index (Phi) is 5.19. The number of carbonyl (C=O) groups is 1. The van der Waals surface area contributed by atoms with E-state index in [0.29, 0.717) is 29.7 Å². The lowest BCUT2D eigenvalue weighted by Gasteiger charge is -2.12. The zero-order valence-electron chi connectivity index (χ0n) is 14.5. The molecule has 0 spiro atoms. The quantitative estimate of drug-likeness (QED) is 0.670. The number of oxazole rings is 1. The van der Waals surface area contributed by atoms with Crippen LogP contribution in [0.3, 0.4) is 0 Å². The summed E-state index contributed by atoms with van der Waals surface area (Å²) in [4.78, 5) is 17.9. The first kappa shape index (κ1) is 17.2. The topological polar surface area (TPSA) is 64.4 Å². The van der Waals surface area contributed by atoms with Gasteiger partial charge in [0.05, 0.1) is 17.2 Å². The third-order valence-corrected chi connectivity index (χ3v) is 4.45. The third kappa shape index (κ3) is 3.91. The van der Waals surface area contributed by atoms with E-state index in [2.05, 4.69) is 10.3 Å². The molecule has 0 fully saturated rings. The molecule has 0 aliphatic rings. The SMILES string of the molecule is CCCOc1cc(C)ccc1NC(=O)c1nc(-c2cccs2)oc1C. The van der Waals surface area contributed by atoms with Crippen LogP contribution in [0.15, 0.2) is 40.1 Å². The minimum Gasteiger partial charge on any atom is -0.491 e. The van der Waals surface area contributed by atoms with Gasteiger partial charge < -0.3 is 14.5 Å². The maximum atomic E-state index is 12.6. The van der Waals surface area contributed by atoms with Crippen LogP contribution < -0.4 is 10.1 Å². The van der Waals surface area contributed by atoms with Gasteiger partial charge in [0.2, 0.25) is 5.89 Å². The van der Waals surface area contributed by atoms with E-state index in [-0.39, 0.29) is 11.6 Å². The van der Waals surface area contributed by atoms with Crippen molar-refractivity contribution in [1.29, 1.82) is 0 Å². The van der Waals surface area contributed by atoms with Crippen molar-refractivity contribution < 1.29 is 13.9 Å². The van der Waals surface area contributed by atoms with Gasteiger partial charge in [-0.25, -0.2) is 4.98 Å². The summed E-state index contributed by atoms with van der Waals surface area (Å²) >= 11 is 1.52. The van der Waals surface area contributed by atoms with Gasteiger partial charge in [0.25, 0.3) is 5.91 Å². The first-order valence-electron chi connectivity index (χ1n) is 8.14. The zero-order chi connectivity index (χ0) is 17.8. The lowest BCUT2D eigenvalue weighted by atomic mass is 10.2. The van der Waals surface area contributed by atoms with Crippen molar-refractivity contribution in [3.63, 3.8) is 0 Å². The van der Waals surface area contributed by atoms with Gasteiger partial charge in [-0.15, -0.1) is 11.3 Å². The molecule has 130 valence electrons. The fraction of sp³-hybridized carbons (Fsp3) is 0.263. The maximum absolute atomic E-state index is 12.6. The largest absolute Gasteiger partial charge is 0.491 e. The predicted octanol–water partition coefficient (Wildman–Crippen LogP) is 5.06. The van der Waals surface area contributed by atoms with Crippen molar-refractivity contribution in [2.24, 2.45) is 0 Å². The van der Waals surface area contributed by atoms with E-state index in [0.717, 1.165) is 16.9 Å². The van der Waals surface area contributed by atoms with E-state index in [1.165, 1.54) is 11.3 Å². The number of nitrogens with one attached hydrogen (secondary N) is 1. The van der Waals surface area contributed by atoms with Gasteiger partial charge in [0.15, 0.2) is 5.69 Å². The molecule has 3 aromatic rings. The summed E-state index contributed by atoms with van der Waals surface area (Å²) in [5.41, 5.74) is 1.98. The van der Waals surface area contributed by atoms with Gasteiger partial charge in [-0.1, -0.05) is 19.1 Å². The zero-order valence-corrected chi connectivity index (χ0v) is 15.3. The highest BCUT2D eigenvalue weighted by Gasteiger charge is 2.20. The number of ether oxygens (including phenoxy) is 1. The van der Waals surface area contributed by atoms with Gasteiger partial charge in [-0.2, -0.15) is 0 Å². The second-order valence-corrected chi connectivity index (χ2v) is 6.65. The number of carbonyl (C=O) groups excluding carboxylic acids is 1. The number of aryl methyl sites for hydroxylation is 2. The van der Waals surface area contributed by atoms with Crippen molar-refractivity contribution in [2.45, 2.75) is 27.2 Å². The Balaban J connectivity index is 1.83. The monoisotopic (exact) mass is 356 g/mol. The number of amides is 1. The van der Waals surface area contributed by atoms with Crippen LogP contribution in [0.2, 0.25) is 0 Å². The molecular weight excluding hydrogens is 336 g/mol. The van der Waals surface area contributed by atoms with Crippen LogP contribution in [0.1, 0.15) is 35.2 Å². The number of hydrogen-bond donors (Lipinski definition) is 1. The number of aromatic nitrogens is 1. The molecule has 1 amide bonds. The van der Waals surface area contributed by atoms with Gasteiger partial charge in [0, 0.05) is 0 Å². The number of nitrogens with zero attached hydrogens (tertiary/aromatic N) is 1. The van der Waals surface area contributed by atoms with Crippen LogP contribution in [0.25, 0.3) is 10.8 Å². The lowest BCUT2D eigenvalue weighted by Crippen LogP contribution is -2.14. The highest BCUT2D eigenvalue weighted by atomic mass is 32.1. The molecule has 2 heterocycles. The minimum atomic E-state index is -0.311. The molecule has 3 rings (SSSR count). The van der Waals surface area contributed by atoms with Crippen molar-refractivity contribution >= 4 is 22.9 Å². The second kappa shape index (κ2) is 7.53. The molecule has 0 atom stereocenters. The van der Waals surface area contributed by atoms with Gasteiger partial charge in [0.1, 0.15) is 11.5 Å². The van der Waals surface area contributed by atoms with Crippen LogP contribution in [0, 0.1) is 13.8 Å². The van der Waals surface area contributed by atoms with Gasteiger partial charge in [-0.3, -0.25) is 4.79 Å². The smallest absolute Gasteiger partial charge is 0.278 e. The Morgan fingerprint density at radius 1 is 1.32 bits per heavy atom. The fourth-order valence-electron chi connectivity index (χ4n) is 2.36. The van der Waals surface area contributed by atoms with Crippen molar-refractivity contribution in [2.75, 3.05) is 11.9 Å². The molecule has 25 heavy (non-hydrogen) atoms. The first-order chi connectivity index (χ1) is 12.1. The van der Waals surface area contributed by atoms with Crippen LogP contribution >= 0.6 is 11.3 Å². The predicted molar refractivity (Wildman–Crippen MR) is 99.5 cm³/mol. The summed E-state index contributed by atoms with van der Waals surface area (Å²) < 4.78 is 11.4. The van der Waals surface area contributed by atoms with E-state index in [1.807, 2.05) is 49.6 Å². The summed E-state index contributed by atoms with van der Waals surface area (Å²) in [5, 5.41) is 4.82. The standard InChI is InChI=1S/C19H20N2O3S/c1-4-9-23-15-11-12(2)7-8-14(15)20-18(22)17-13(3)24-19(21-17)16-6-5-10-25-16/h5-8,10-11H,4,9H2,1-3H3,(H,20,22). The van der Waals surface area contributed by atoms with Gasteiger partial charge >= 0.3 is 0 Å². The number of benzene rings is 1. The Morgan fingerprint density at radius 2 is 2.16 bits per heavy atom. The van der Waals surface area contributed by atoms with Crippen LogP contribution in [0.4, 0.5) is 5.69 Å². The molecule has 0 aliphatic heterocycles.